The maximum absolute atomic E-state index is 13.1. The van der Waals surface area contributed by atoms with E-state index in [0.717, 1.165) is 43.1 Å². The number of rotatable bonds is 5. The minimum absolute atomic E-state index is 0. The van der Waals surface area contributed by atoms with Gasteiger partial charge in [0.2, 0.25) is 5.91 Å². The van der Waals surface area contributed by atoms with Crippen LogP contribution >= 0.6 is 36.2 Å². The number of hydrogen-bond donors (Lipinski definition) is 2. The normalized spacial score (nSPS) is 17.0. The van der Waals surface area contributed by atoms with Gasteiger partial charge in [0, 0.05) is 23.5 Å². The van der Waals surface area contributed by atoms with E-state index >= 15 is 0 Å². The molecule has 9 heteroatoms. The molecule has 3 heterocycles. The number of carbonyl (C=O) groups excluding carboxylic acids is 1. The summed E-state index contributed by atoms with van der Waals surface area (Å²) in [4.78, 5) is 17.7. The van der Waals surface area contributed by atoms with Crippen molar-refractivity contribution < 1.29 is 4.79 Å². The number of amides is 1. The van der Waals surface area contributed by atoms with Crippen LogP contribution in [0.1, 0.15) is 42.9 Å². The van der Waals surface area contributed by atoms with Crippen molar-refractivity contribution in [2.24, 2.45) is 0 Å². The Balaban J connectivity index is 0.00000156. The molecule has 1 unspecified atom stereocenters. The lowest BCUT2D eigenvalue weighted by atomic mass is 9.87. The first-order chi connectivity index (χ1) is 11.2. The number of nitrogens with one attached hydrogen (secondary N) is 2. The van der Waals surface area contributed by atoms with Crippen LogP contribution in [0.25, 0.3) is 0 Å². The second-order valence-electron chi connectivity index (χ2n) is 5.99. The van der Waals surface area contributed by atoms with Crippen LogP contribution < -0.4 is 10.6 Å². The zero-order chi connectivity index (χ0) is 16.3. The fraction of sp³-hybridized carbons (Fsp3) is 0.562. The lowest BCUT2D eigenvalue weighted by molar-refractivity contribution is -0.132. The van der Waals surface area contributed by atoms with Gasteiger partial charge in [-0.05, 0) is 45.3 Å². The fourth-order valence-electron chi connectivity index (χ4n) is 3.09. The molecule has 1 amide bonds. The zero-order valence-corrected chi connectivity index (χ0v) is 16.8. The van der Waals surface area contributed by atoms with Crippen molar-refractivity contribution in [2.75, 3.05) is 13.1 Å². The predicted molar refractivity (Wildman–Crippen MR) is 105 cm³/mol. The Morgan fingerprint density at radius 3 is 2.68 bits per heavy atom. The van der Waals surface area contributed by atoms with Gasteiger partial charge in [-0.1, -0.05) is 6.92 Å². The van der Waals surface area contributed by atoms with Crippen LogP contribution in [0.5, 0.6) is 0 Å². The summed E-state index contributed by atoms with van der Waals surface area (Å²) in [7, 11) is 0. The summed E-state index contributed by atoms with van der Waals surface area (Å²) in [6.07, 6.45) is 5.94. The van der Waals surface area contributed by atoms with Crippen LogP contribution in [-0.2, 0) is 10.3 Å². The summed E-state index contributed by atoms with van der Waals surface area (Å²) in [5.74, 6) is 0.0439. The van der Waals surface area contributed by atoms with Crippen LogP contribution in [0.2, 0.25) is 0 Å². The SMILES string of the molecule is CCC(NC(=O)C1(n2cccn2)CCNCC1)c1nc(C)cs1.Cl.Cl. The highest BCUT2D eigenvalue weighted by Gasteiger charge is 2.42. The number of nitrogens with zero attached hydrogens (tertiary/aromatic N) is 3. The van der Waals surface area contributed by atoms with Crippen molar-refractivity contribution in [1.29, 1.82) is 0 Å². The van der Waals surface area contributed by atoms with E-state index in [4.69, 9.17) is 0 Å². The van der Waals surface area contributed by atoms with E-state index in [-0.39, 0.29) is 36.8 Å². The molecule has 0 aromatic carbocycles. The monoisotopic (exact) mass is 405 g/mol. The minimum atomic E-state index is -0.603. The summed E-state index contributed by atoms with van der Waals surface area (Å²) in [5.41, 5.74) is 0.399. The Morgan fingerprint density at radius 1 is 1.44 bits per heavy atom. The van der Waals surface area contributed by atoms with Crippen molar-refractivity contribution in [3.05, 3.63) is 34.5 Å². The third kappa shape index (κ3) is 4.53. The smallest absolute Gasteiger partial charge is 0.248 e. The fourth-order valence-corrected chi connectivity index (χ4v) is 4.02. The van der Waals surface area contributed by atoms with E-state index < -0.39 is 5.54 Å². The molecular formula is C16H25Cl2N5OS. The molecule has 140 valence electrons. The third-order valence-corrected chi connectivity index (χ3v) is 5.52. The predicted octanol–water partition coefficient (Wildman–Crippen LogP) is 2.84. The summed E-state index contributed by atoms with van der Waals surface area (Å²) >= 11 is 1.61. The van der Waals surface area contributed by atoms with Gasteiger partial charge in [0.05, 0.1) is 6.04 Å². The van der Waals surface area contributed by atoms with E-state index in [9.17, 15) is 4.79 Å². The van der Waals surface area contributed by atoms with E-state index in [1.807, 2.05) is 29.2 Å². The number of carbonyl (C=O) groups is 1. The Kier molecular flexibility index (Phi) is 8.34. The molecule has 1 saturated heterocycles. The van der Waals surface area contributed by atoms with Crippen molar-refractivity contribution in [3.8, 4) is 0 Å². The third-order valence-electron chi connectivity index (χ3n) is 4.44. The van der Waals surface area contributed by atoms with Gasteiger partial charge in [0.15, 0.2) is 0 Å². The molecule has 0 aliphatic carbocycles. The van der Waals surface area contributed by atoms with Crippen LogP contribution in [0.3, 0.4) is 0 Å². The molecular weight excluding hydrogens is 381 g/mol. The first-order valence-corrected chi connectivity index (χ1v) is 8.97. The second kappa shape index (κ2) is 9.52. The van der Waals surface area contributed by atoms with Gasteiger partial charge >= 0.3 is 0 Å². The van der Waals surface area contributed by atoms with Crippen molar-refractivity contribution in [3.63, 3.8) is 0 Å². The molecule has 3 rings (SSSR count). The van der Waals surface area contributed by atoms with Crippen LogP contribution in [-0.4, -0.2) is 33.8 Å². The highest BCUT2D eigenvalue weighted by molar-refractivity contribution is 7.09. The van der Waals surface area contributed by atoms with E-state index in [1.165, 1.54) is 0 Å². The highest BCUT2D eigenvalue weighted by Crippen LogP contribution is 2.29. The Morgan fingerprint density at radius 2 is 2.16 bits per heavy atom. The lowest BCUT2D eigenvalue weighted by Crippen LogP contribution is -2.55. The average Bonchev–Trinajstić information content (AvgIpc) is 3.25. The first-order valence-electron chi connectivity index (χ1n) is 8.09. The Hall–Kier alpha value is -1.15. The molecule has 0 saturated carbocycles. The van der Waals surface area contributed by atoms with Crippen molar-refractivity contribution >= 4 is 42.1 Å². The summed E-state index contributed by atoms with van der Waals surface area (Å²) in [6, 6.07) is 1.84. The zero-order valence-electron chi connectivity index (χ0n) is 14.4. The number of thiazole rings is 1. The molecule has 2 aromatic heterocycles. The van der Waals surface area contributed by atoms with Gasteiger partial charge in [0.1, 0.15) is 10.5 Å². The second-order valence-corrected chi connectivity index (χ2v) is 6.88. The maximum Gasteiger partial charge on any atom is 0.248 e. The van der Waals surface area contributed by atoms with Gasteiger partial charge in [-0.15, -0.1) is 36.2 Å². The molecule has 6 nitrogen and oxygen atoms in total. The molecule has 0 bridgehead atoms. The van der Waals surface area contributed by atoms with E-state index in [0.29, 0.717) is 0 Å². The summed E-state index contributed by atoms with van der Waals surface area (Å²) < 4.78 is 1.82. The van der Waals surface area contributed by atoms with Gasteiger partial charge in [-0.2, -0.15) is 5.10 Å². The number of aromatic nitrogens is 3. The topological polar surface area (TPSA) is 71.8 Å². The molecule has 25 heavy (non-hydrogen) atoms. The molecule has 2 N–H and O–H groups in total. The largest absolute Gasteiger partial charge is 0.345 e. The van der Waals surface area contributed by atoms with Gasteiger partial charge < -0.3 is 10.6 Å². The van der Waals surface area contributed by atoms with Crippen LogP contribution in [0.15, 0.2) is 23.8 Å². The van der Waals surface area contributed by atoms with Gasteiger partial charge in [-0.3, -0.25) is 9.48 Å². The Labute approximate surface area is 164 Å². The van der Waals surface area contributed by atoms with Crippen molar-refractivity contribution in [1.82, 2.24) is 25.4 Å². The van der Waals surface area contributed by atoms with Crippen molar-refractivity contribution in [2.45, 2.75) is 44.7 Å². The highest BCUT2D eigenvalue weighted by atomic mass is 35.5. The van der Waals surface area contributed by atoms with Gasteiger partial charge in [0.25, 0.3) is 0 Å². The standard InChI is InChI=1S/C16H23N5OS.2ClH/c1-3-13(14-19-12(2)11-23-14)20-15(22)16(5-8-17-9-6-16)21-10-4-7-18-21;;/h4,7,10-11,13,17H,3,5-6,8-9H2,1-2H3,(H,20,22);2*1H. The molecule has 1 aliphatic heterocycles. The number of piperidine rings is 1. The average molecular weight is 406 g/mol. The molecule has 0 spiro atoms. The minimum Gasteiger partial charge on any atom is -0.345 e. The number of hydrogen-bond acceptors (Lipinski definition) is 5. The van der Waals surface area contributed by atoms with Crippen LogP contribution in [0, 0.1) is 6.92 Å². The lowest BCUT2D eigenvalue weighted by Gasteiger charge is -2.37. The molecule has 2 aromatic rings. The van der Waals surface area contributed by atoms with E-state index in [1.54, 1.807) is 17.5 Å². The first kappa shape index (κ1) is 21.9. The van der Waals surface area contributed by atoms with Crippen LogP contribution in [0.4, 0.5) is 0 Å². The molecule has 1 atom stereocenters. The summed E-state index contributed by atoms with van der Waals surface area (Å²) in [5, 5.41) is 13.9. The molecule has 1 aliphatic rings. The number of aryl methyl sites for hydroxylation is 1. The van der Waals surface area contributed by atoms with E-state index in [2.05, 4.69) is 27.6 Å². The maximum atomic E-state index is 13.1. The quantitative estimate of drug-likeness (QED) is 0.801. The summed E-state index contributed by atoms with van der Waals surface area (Å²) in [6.45, 7) is 5.69. The number of halogens is 2. The molecule has 0 radical (unpaired) electrons. The molecule has 1 fully saturated rings. The van der Waals surface area contributed by atoms with Gasteiger partial charge in [-0.25, -0.2) is 4.98 Å². The Bertz CT molecular complexity index is 655.